The fourth-order valence-electron chi connectivity index (χ4n) is 2.85. The molecule has 0 aromatic heterocycles. The fourth-order valence-corrected chi connectivity index (χ4v) is 3.10. The maximum absolute atomic E-state index is 6.31. The summed E-state index contributed by atoms with van der Waals surface area (Å²) in [7, 11) is 0. The van der Waals surface area contributed by atoms with Crippen LogP contribution in [-0.4, -0.2) is 13.2 Å². The van der Waals surface area contributed by atoms with E-state index in [0.29, 0.717) is 0 Å². The summed E-state index contributed by atoms with van der Waals surface area (Å²) in [5.74, 6) is 1.01. The summed E-state index contributed by atoms with van der Waals surface area (Å²) in [5, 5.41) is 4.41. The van der Waals surface area contributed by atoms with Crippen LogP contribution in [0.15, 0.2) is 42.5 Å². The molecule has 1 aliphatic heterocycles. The van der Waals surface area contributed by atoms with Crippen molar-refractivity contribution in [3.63, 3.8) is 0 Å². The molecule has 0 radical (unpaired) electrons. The van der Waals surface area contributed by atoms with Crippen LogP contribution in [0, 0.1) is 0 Å². The zero-order chi connectivity index (χ0) is 14.7. The highest BCUT2D eigenvalue weighted by Crippen LogP contribution is 2.38. The van der Waals surface area contributed by atoms with Gasteiger partial charge < -0.3 is 10.1 Å². The largest absolute Gasteiger partial charge is 0.493 e. The third kappa shape index (κ3) is 3.07. The van der Waals surface area contributed by atoms with Crippen molar-refractivity contribution in [2.75, 3.05) is 13.2 Å². The van der Waals surface area contributed by atoms with Crippen molar-refractivity contribution in [2.24, 2.45) is 0 Å². The van der Waals surface area contributed by atoms with Gasteiger partial charge in [0.1, 0.15) is 5.75 Å². The first-order chi connectivity index (χ1) is 10.3. The van der Waals surface area contributed by atoms with Crippen molar-refractivity contribution in [1.82, 2.24) is 5.32 Å². The van der Waals surface area contributed by atoms with Crippen LogP contribution in [0.2, 0.25) is 5.02 Å². The van der Waals surface area contributed by atoms with Gasteiger partial charge in [0.2, 0.25) is 0 Å². The summed E-state index contributed by atoms with van der Waals surface area (Å²) in [5.41, 5.74) is 3.61. The lowest BCUT2D eigenvalue weighted by atomic mass is 9.95. The van der Waals surface area contributed by atoms with E-state index in [1.54, 1.807) is 0 Å². The van der Waals surface area contributed by atoms with Crippen molar-refractivity contribution in [1.29, 1.82) is 0 Å². The van der Waals surface area contributed by atoms with Gasteiger partial charge in [-0.1, -0.05) is 48.9 Å². The lowest BCUT2D eigenvalue weighted by molar-refractivity contribution is 0.350. The number of nitrogens with one attached hydrogen (secondary N) is 1. The van der Waals surface area contributed by atoms with E-state index in [-0.39, 0.29) is 6.04 Å². The van der Waals surface area contributed by atoms with E-state index < -0.39 is 0 Å². The van der Waals surface area contributed by atoms with Crippen LogP contribution in [0.3, 0.4) is 0 Å². The molecule has 1 atom stereocenters. The molecule has 110 valence electrons. The smallest absolute Gasteiger partial charge is 0.127 e. The van der Waals surface area contributed by atoms with Crippen molar-refractivity contribution in [3.8, 4) is 5.75 Å². The van der Waals surface area contributed by atoms with Gasteiger partial charge in [-0.2, -0.15) is 0 Å². The molecule has 2 nitrogen and oxygen atoms in total. The molecular formula is C18H20ClNO. The summed E-state index contributed by atoms with van der Waals surface area (Å²) in [6, 6.07) is 14.7. The fraction of sp³-hybridized carbons (Fsp3) is 0.333. The highest BCUT2D eigenvalue weighted by Gasteiger charge is 2.24. The van der Waals surface area contributed by atoms with Gasteiger partial charge in [-0.3, -0.25) is 0 Å². The van der Waals surface area contributed by atoms with Gasteiger partial charge in [-0.25, -0.2) is 0 Å². The molecule has 0 saturated carbocycles. The third-order valence-electron chi connectivity index (χ3n) is 3.82. The molecule has 0 bridgehead atoms. The van der Waals surface area contributed by atoms with E-state index in [1.807, 2.05) is 18.2 Å². The molecular weight excluding hydrogens is 282 g/mol. The van der Waals surface area contributed by atoms with E-state index in [2.05, 4.69) is 36.5 Å². The molecule has 2 aromatic rings. The Labute approximate surface area is 131 Å². The SMILES string of the molecule is CCCNC(c1ccccc1)c1cc(Cl)cc2c1OCC2. The molecule has 1 N–H and O–H groups in total. The summed E-state index contributed by atoms with van der Waals surface area (Å²) in [4.78, 5) is 0. The Bertz CT molecular complexity index is 612. The number of rotatable bonds is 5. The lowest BCUT2D eigenvalue weighted by Crippen LogP contribution is -2.23. The Hall–Kier alpha value is -1.51. The van der Waals surface area contributed by atoms with Gasteiger partial charge in [0, 0.05) is 17.0 Å². The van der Waals surface area contributed by atoms with Crippen LogP contribution >= 0.6 is 11.6 Å². The standard InChI is InChI=1S/C18H20ClNO/c1-2-9-20-17(13-6-4-3-5-7-13)16-12-15(19)11-14-8-10-21-18(14)16/h3-7,11-12,17,20H,2,8-10H2,1H3. The van der Waals surface area contributed by atoms with Crippen LogP contribution in [0.1, 0.15) is 36.1 Å². The first-order valence-corrected chi connectivity index (χ1v) is 7.91. The Kier molecular flexibility index (Phi) is 4.47. The maximum atomic E-state index is 6.31. The average molecular weight is 302 g/mol. The number of benzene rings is 2. The molecule has 2 aromatic carbocycles. The van der Waals surface area contributed by atoms with Gasteiger partial charge in [0.15, 0.2) is 0 Å². The van der Waals surface area contributed by atoms with E-state index in [4.69, 9.17) is 16.3 Å². The molecule has 1 heterocycles. The monoisotopic (exact) mass is 301 g/mol. The molecule has 1 aliphatic rings. The summed E-state index contributed by atoms with van der Waals surface area (Å²) in [6.07, 6.45) is 2.03. The minimum absolute atomic E-state index is 0.122. The predicted octanol–water partition coefficient (Wildman–Crippen LogP) is 4.36. The minimum atomic E-state index is 0.122. The number of fused-ring (bicyclic) bond motifs is 1. The summed E-state index contributed by atoms with van der Waals surface area (Å²) >= 11 is 6.31. The molecule has 3 heteroatoms. The van der Waals surface area contributed by atoms with Gasteiger partial charge >= 0.3 is 0 Å². The van der Waals surface area contributed by atoms with E-state index >= 15 is 0 Å². The topological polar surface area (TPSA) is 21.3 Å². The van der Waals surface area contributed by atoms with Crippen LogP contribution in [0.4, 0.5) is 0 Å². The summed E-state index contributed by atoms with van der Waals surface area (Å²) < 4.78 is 5.87. The summed E-state index contributed by atoms with van der Waals surface area (Å²) in [6.45, 7) is 3.88. The first kappa shape index (κ1) is 14.4. The maximum Gasteiger partial charge on any atom is 0.127 e. The third-order valence-corrected chi connectivity index (χ3v) is 4.04. The zero-order valence-electron chi connectivity index (χ0n) is 12.2. The number of halogens is 1. The Morgan fingerprint density at radius 1 is 1.24 bits per heavy atom. The van der Waals surface area contributed by atoms with Crippen LogP contribution in [0.5, 0.6) is 5.75 Å². The van der Waals surface area contributed by atoms with Crippen LogP contribution in [0.25, 0.3) is 0 Å². The molecule has 0 aliphatic carbocycles. The minimum Gasteiger partial charge on any atom is -0.493 e. The van der Waals surface area contributed by atoms with Gasteiger partial charge in [-0.05, 0) is 36.2 Å². The second-order valence-corrected chi connectivity index (χ2v) is 5.82. The number of ether oxygens (including phenoxy) is 1. The van der Waals surface area contributed by atoms with E-state index in [0.717, 1.165) is 42.3 Å². The Balaban J connectivity index is 2.04. The van der Waals surface area contributed by atoms with Crippen molar-refractivity contribution < 1.29 is 4.74 Å². The molecule has 0 saturated heterocycles. The second kappa shape index (κ2) is 6.50. The molecule has 3 rings (SSSR count). The van der Waals surface area contributed by atoms with Crippen LogP contribution < -0.4 is 10.1 Å². The quantitative estimate of drug-likeness (QED) is 0.886. The highest BCUT2D eigenvalue weighted by atomic mass is 35.5. The molecule has 0 amide bonds. The van der Waals surface area contributed by atoms with Crippen molar-refractivity contribution in [3.05, 3.63) is 64.2 Å². The number of hydrogen-bond acceptors (Lipinski definition) is 2. The first-order valence-electron chi connectivity index (χ1n) is 7.53. The lowest BCUT2D eigenvalue weighted by Gasteiger charge is -2.22. The zero-order valence-corrected chi connectivity index (χ0v) is 13.0. The van der Waals surface area contributed by atoms with Crippen LogP contribution in [-0.2, 0) is 6.42 Å². The molecule has 21 heavy (non-hydrogen) atoms. The van der Waals surface area contributed by atoms with E-state index in [9.17, 15) is 0 Å². The van der Waals surface area contributed by atoms with Gasteiger partial charge in [0.25, 0.3) is 0 Å². The normalized spacial score (nSPS) is 14.6. The number of hydrogen-bond donors (Lipinski definition) is 1. The predicted molar refractivity (Wildman–Crippen MR) is 87.2 cm³/mol. The molecule has 0 fully saturated rings. The molecule has 1 unspecified atom stereocenters. The Morgan fingerprint density at radius 3 is 2.81 bits per heavy atom. The van der Waals surface area contributed by atoms with Crippen molar-refractivity contribution >= 4 is 11.6 Å². The van der Waals surface area contributed by atoms with Crippen molar-refractivity contribution in [2.45, 2.75) is 25.8 Å². The van der Waals surface area contributed by atoms with Gasteiger partial charge in [0.05, 0.1) is 12.6 Å². The second-order valence-electron chi connectivity index (χ2n) is 5.38. The Morgan fingerprint density at radius 2 is 2.05 bits per heavy atom. The van der Waals surface area contributed by atoms with E-state index in [1.165, 1.54) is 11.1 Å². The average Bonchev–Trinajstić information content (AvgIpc) is 2.96. The highest BCUT2D eigenvalue weighted by molar-refractivity contribution is 6.30. The molecule has 0 spiro atoms. The van der Waals surface area contributed by atoms with Gasteiger partial charge in [-0.15, -0.1) is 0 Å².